The summed E-state index contributed by atoms with van der Waals surface area (Å²) in [6.07, 6.45) is 13.4. The van der Waals surface area contributed by atoms with Crippen LogP contribution in [0, 0.1) is 13.8 Å². The Kier molecular flexibility index (Phi) is 11.2. The molecule has 2 aromatic rings. The molecule has 1 fully saturated rings. The summed E-state index contributed by atoms with van der Waals surface area (Å²) in [6.45, 7) is 19.7. The van der Waals surface area contributed by atoms with Gasteiger partial charge < -0.3 is 15.5 Å². The van der Waals surface area contributed by atoms with Crippen LogP contribution in [0.25, 0.3) is 10.9 Å². The summed E-state index contributed by atoms with van der Waals surface area (Å²) in [7, 11) is 3.92. The van der Waals surface area contributed by atoms with E-state index in [0.717, 1.165) is 67.1 Å². The van der Waals surface area contributed by atoms with Gasteiger partial charge in [0.25, 0.3) is 0 Å². The first kappa shape index (κ1) is 30.0. The number of rotatable bonds is 16. The lowest BCUT2D eigenvalue weighted by atomic mass is 9.96. The van der Waals surface area contributed by atoms with Crippen LogP contribution >= 0.6 is 0 Å². The highest BCUT2D eigenvalue weighted by Gasteiger charge is 2.24. The van der Waals surface area contributed by atoms with E-state index in [1.54, 1.807) is 0 Å². The van der Waals surface area contributed by atoms with Crippen LogP contribution in [0.2, 0.25) is 0 Å². The summed E-state index contributed by atoms with van der Waals surface area (Å²) in [6, 6.07) is 7.34. The topological polar surface area (TPSA) is 52.5 Å². The molecule has 2 N–H and O–H groups in total. The van der Waals surface area contributed by atoms with E-state index in [2.05, 4.69) is 85.1 Å². The number of hydrogen-bond acceptors (Lipinski definition) is 5. The number of nitrogens with one attached hydrogen (secondary N) is 2. The molecule has 0 aliphatic heterocycles. The van der Waals surface area contributed by atoms with Crippen molar-refractivity contribution in [1.29, 1.82) is 0 Å². The van der Waals surface area contributed by atoms with Gasteiger partial charge in [-0.2, -0.15) is 0 Å². The molecule has 1 heterocycles. The number of unbranched alkanes of at least 4 members (excludes halogenated alkanes) is 1. The average Bonchev–Trinajstić information content (AvgIpc) is 3.74. The van der Waals surface area contributed by atoms with Crippen molar-refractivity contribution in [2.24, 2.45) is 4.99 Å². The van der Waals surface area contributed by atoms with Crippen molar-refractivity contribution < 1.29 is 0 Å². The molecule has 208 valence electrons. The number of pyridine rings is 1. The van der Waals surface area contributed by atoms with Gasteiger partial charge in [-0.05, 0) is 101 Å². The van der Waals surface area contributed by atoms with Crippen molar-refractivity contribution in [3.8, 4) is 0 Å². The van der Waals surface area contributed by atoms with Crippen LogP contribution in [0.4, 0.5) is 0 Å². The van der Waals surface area contributed by atoms with Crippen LogP contribution in [0.15, 0.2) is 78.4 Å². The van der Waals surface area contributed by atoms with Crippen molar-refractivity contribution in [2.75, 3.05) is 20.6 Å². The van der Waals surface area contributed by atoms with Gasteiger partial charge in [-0.25, -0.2) is 4.98 Å². The zero-order chi connectivity index (χ0) is 28.4. The standard InChI is InChI=1S/C34H47N5/c1-9-11-12-13-22-39(8)27(6)37-31(26(5)36-29-19-20-29)17-14-16-28-23-33(32(35-7)15-10-2)38-34-25(4)24(3)18-21-30(28)34/h10-11,15,18,21,23,29,31,36-37H,1,5-6,12-14,16-17,19-20,22H2,2-4,7-8H3/b15-10-,35-32?. The maximum atomic E-state index is 5.05. The molecule has 0 bridgehead atoms. The lowest BCUT2D eigenvalue weighted by Gasteiger charge is -2.29. The molecular formula is C34H47N5. The molecule has 1 aliphatic rings. The third-order valence-corrected chi connectivity index (χ3v) is 7.53. The third-order valence-electron chi connectivity index (χ3n) is 7.53. The molecule has 1 aromatic carbocycles. The number of allylic oxidation sites excluding steroid dienone is 3. The molecular weight excluding hydrogens is 478 g/mol. The molecule has 1 unspecified atom stereocenters. The highest BCUT2D eigenvalue weighted by Crippen LogP contribution is 2.27. The van der Waals surface area contributed by atoms with Crippen LogP contribution in [0.3, 0.4) is 0 Å². The first-order valence-electron chi connectivity index (χ1n) is 14.2. The fourth-order valence-electron chi connectivity index (χ4n) is 4.77. The van der Waals surface area contributed by atoms with Crippen molar-refractivity contribution in [1.82, 2.24) is 20.5 Å². The van der Waals surface area contributed by atoms with Crippen LogP contribution < -0.4 is 10.6 Å². The monoisotopic (exact) mass is 525 g/mol. The summed E-state index contributed by atoms with van der Waals surface area (Å²) in [5.41, 5.74) is 10.6. The van der Waals surface area contributed by atoms with E-state index in [0.29, 0.717) is 6.04 Å². The maximum Gasteiger partial charge on any atom is 0.0941 e. The quantitative estimate of drug-likeness (QED) is 0.142. The van der Waals surface area contributed by atoms with Crippen molar-refractivity contribution in [3.63, 3.8) is 0 Å². The predicted octanol–water partition coefficient (Wildman–Crippen LogP) is 6.92. The molecule has 1 aliphatic carbocycles. The van der Waals surface area contributed by atoms with Crippen LogP contribution in [0.1, 0.15) is 67.8 Å². The fourth-order valence-corrected chi connectivity index (χ4v) is 4.77. The molecule has 1 aromatic heterocycles. The van der Waals surface area contributed by atoms with Gasteiger partial charge in [0.1, 0.15) is 0 Å². The highest BCUT2D eigenvalue weighted by molar-refractivity contribution is 6.08. The Hall–Kier alpha value is -3.56. The van der Waals surface area contributed by atoms with Crippen molar-refractivity contribution >= 4 is 16.6 Å². The summed E-state index contributed by atoms with van der Waals surface area (Å²) in [5.74, 6) is 0.930. The predicted molar refractivity (Wildman–Crippen MR) is 168 cm³/mol. The van der Waals surface area contributed by atoms with E-state index < -0.39 is 0 Å². The van der Waals surface area contributed by atoms with E-state index in [-0.39, 0.29) is 6.04 Å². The number of nitrogens with zero attached hydrogens (tertiary/aromatic N) is 3. The molecule has 1 atom stereocenters. The molecule has 0 radical (unpaired) electrons. The van der Waals surface area contributed by atoms with Gasteiger partial charge in [0, 0.05) is 37.8 Å². The van der Waals surface area contributed by atoms with E-state index in [4.69, 9.17) is 4.98 Å². The zero-order valence-corrected chi connectivity index (χ0v) is 24.7. The molecule has 0 spiro atoms. The molecule has 1 saturated carbocycles. The highest BCUT2D eigenvalue weighted by atomic mass is 15.2. The lowest BCUT2D eigenvalue weighted by Crippen LogP contribution is -2.40. The Bertz CT molecular complexity index is 1270. The van der Waals surface area contributed by atoms with Gasteiger partial charge in [0.15, 0.2) is 0 Å². The van der Waals surface area contributed by atoms with Gasteiger partial charge in [-0.15, -0.1) is 5.73 Å². The minimum Gasteiger partial charge on any atom is -0.384 e. The SMILES string of the molecule is C=C=CCCCN(C)C(=C)NC(CCCc1cc(C(/C=C\C)=NC)nc2c(C)c(C)ccc12)C(=C)NC1CC1. The fraction of sp³-hybridized carbons (Fsp3) is 0.441. The average molecular weight is 526 g/mol. The van der Waals surface area contributed by atoms with E-state index in [1.165, 1.54) is 34.9 Å². The van der Waals surface area contributed by atoms with Crippen molar-refractivity contribution in [2.45, 2.75) is 77.8 Å². The summed E-state index contributed by atoms with van der Waals surface area (Å²) < 4.78 is 0. The van der Waals surface area contributed by atoms with Crippen LogP contribution in [-0.4, -0.2) is 48.3 Å². The van der Waals surface area contributed by atoms with Gasteiger partial charge in [0.05, 0.1) is 28.8 Å². The molecule has 39 heavy (non-hydrogen) atoms. The number of fused-ring (bicyclic) bond motifs is 1. The number of hydrogen-bond donors (Lipinski definition) is 2. The number of benzene rings is 1. The largest absolute Gasteiger partial charge is 0.384 e. The normalized spacial score (nSPS) is 14.2. The van der Waals surface area contributed by atoms with Gasteiger partial charge in [-0.3, -0.25) is 4.99 Å². The van der Waals surface area contributed by atoms with Crippen LogP contribution in [-0.2, 0) is 6.42 Å². The second kappa shape index (κ2) is 14.6. The van der Waals surface area contributed by atoms with Gasteiger partial charge >= 0.3 is 0 Å². The zero-order valence-electron chi connectivity index (χ0n) is 24.7. The number of aromatic nitrogens is 1. The second-order valence-electron chi connectivity index (χ2n) is 10.6. The summed E-state index contributed by atoms with van der Waals surface area (Å²) >= 11 is 0. The Morgan fingerprint density at radius 1 is 1.26 bits per heavy atom. The molecule has 5 nitrogen and oxygen atoms in total. The number of aryl methyl sites for hydroxylation is 3. The minimum atomic E-state index is 0.112. The first-order chi connectivity index (χ1) is 18.8. The van der Waals surface area contributed by atoms with Gasteiger partial charge in [0.2, 0.25) is 0 Å². The first-order valence-corrected chi connectivity index (χ1v) is 14.2. The smallest absolute Gasteiger partial charge is 0.0941 e. The second-order valence-corrected chi connectivity index (χ2v) is 10.6. The summed E-state index contributed by atoms with van der Waals surface area (Å²) in [4.78, 5) is 11.7. The number of aliphatic imine (C=N–C) groups is 1. The van der Waals surface area contributed by atoms with Crippen molar-refractivity contribution in [3.05, 3.63) is 95.8 Å². The Morgan fingerprint density at radius 3 is 2.69 bits per heavy atom. The molecule has 0 saturated heterocycles. The molecule has 0 amide bonds. The summed E-state index contributed by atoms with van der Waals surface area (Å²) in [5, 5.41) is 8.53. The van der Waals surface area contributed by atoms with E-state index >= 15 is 0 Å². The Morgan fingerprint density at radius 2 is 2.03 bits per heavy atom. The molecule has 5 heteroatoms. The van der Waals surface area contributed by atoms with E-state index in [9.17, 15) is 0 Å². The third kappa shape index (κ3) is 8.46. The van der Waals surface area contributed by atoms with E-state index in [1.807, 2.05) is 32.2 Å². The maximum absolute atomic E-state index is 5.05. The molecule has 3 rings (SSSR count). The van der Waals surface area contributed by atoms with Crippen LogP contribution in [0.5, 0.6) is 0 Å². The minimum absolute atomic E-state index is 0.112. The Balaban J connectivity index is 1.78. The Labute approximate surface area is 236 Å². The van der Waals surface area contributed by atoms with Gasteiger partial charge in [-0.1, -0.05) is 37.9 Å². The lowest BCUT2D eigenvalue weighted by molar-refractivity contribution is 0.359.